The Hall–Kier alpha value is -2.79. The molecule has 2 heterocycles. The number of fused-ring (bicyclic) bond motifs is 1. The Morgan fingerprint density at radius 2 is 2.00 bits per heavy atom. The molecular weight excluding hydrogens is 332 g/mol. The standard InChI is InChI=1S/C20H18N2O2S/c1-24-16-9-5-6-14(10-16)11-22-13-21-19(23)18-17(12-25-20(18)22)15-7-3-2-4-8-15/h2-10,12H,11,13H2,1H3,(H,21,23). The number of amides is 1. The van der Waals surface area contributed by atoms with Gasteiger partial charge in [0.1, 0.15) is 10.8 Å². The monoisotopic (exact) mass is 350 g/mol. The summed E-state index contributed by atoms with van der Waals surface area (Å²) in [7, 11) is 1.67. The molecule has 126 valence electrons. The van der Waals surface area contributed by atoms with Crippen molar-refractivity contribution in [3.05, 3.63) is 71.1 Å². The normalized spacial score (nSPS) is 13.3. The predicted octanol–water partition coefficient (Wildman–Crippen LogP) is 4.13. The molecule has 0 aliphatic carbocycles. The number of carbonyl (C=O) groups excluding carboxylic acids is 1. The van der Waals surface area contributed by atoms with Gasteiger partial charge in [0, 0.05) is 17.5 Å². The third kappa shape index (κ3) is 2.98. The molecular formula is C20H18N2O2S. The lowest BCUT2D eigenvalue weighted by atomic mass is 10.0. The van der Waals surface area contributed by atoms with E-state index in [1.54, 1.807) is 18.4 Å². The van der Waals surface area contributed by atoms with E-state index in [-0.39, 0.29) is 5.91 Å². The Kier molecular flexibility index (Phi) is 4.15. The summed E-state index contributed by atoms with van der Waals surface area (Å²) in [4.78, 5) is 14.7. The average Bonchev–Trinajstić information content (AvgIpc) is 3.11. The first-order valence-corrected chi connectivity index (χ1v) is 8.97. The minimum absolute atomic E-state index is 0.00278. The topological polar surface area (TPSA) is 41.6 Å². The number of nitrogens with one attached hydrogen (secondary N) is 1. The second kappa shape index (κ2) is 6.61. The Labute approximate surface area is 150 Å². The summed E-state index contributed by atoms with van der Waals surface area (Å²) in [5.74, 6) is 0.840. The first kappa shape index (κ1) is 15.7. The number of hydrogen-bond acceptors (Lipinski definition) is 4. The Morgan fingerprint density at radius 1 is 1.16 bits per heavy atom. The molecule has 0 fully saturated rings. The molecule has 1 aromatic heterocycles. The largest absolute Gasteiger partial charge is 0.497 e. The van der Waals surface area contributed by atoms with Crippen LogP contribution in [-0.4, -0.2) is 19.7 Å². The number of carbonyl (C=O) groups is 1. The summed E-state index contributed by atoms with van der Waals surface area (Å²) < 4.78 is 5.31. The van der Waals surface area contributed by atoms with Crippen LogP contribution in [0.15, 0.2) is 60.0 Å². The molecule has 4 rings (SSSR count). The van der Waals surface area contributed by atoms with Crippen LogP contribution in [0.1, 0.15) is 15.9 Å². The fourth-order valence-electron chi connectivity index (χ4n) is 3.08. The summed E-state index contributed by atoms with van der Waals surface area (Å²) >= 11 is 1.62. The van der Waals surface area contributed by atoms with Gasteiger partial charge in [0.25, 0.3) is 5.91 Å². The minimum atomic E-state index is -0.00278. The zero-order valence-electron chi connectivity index (χ0n) is 13.9. The molecule has 1 amide bonds. The van der Waals surface area contributed by atoms with Gasteiger partial charge in [-0.15, -0.1) is 11.3 Å². The highest BCUT2D eigenvalue weighted by Gasteiger charge is 2.28. The zero-order chi connectivity index (χ0) is 17.2. The molecule has 25 heavy (non-hydrogen) atoms. The molecule has 5 heteroatoms. The Morgan fingerprint density at radius 3 is 2.80 bits per heavy atom. The number of anilines is 1. The molecule has 1 aliphatic heterocycles. The first-order valence-electron chi connectivity index (χ1n) is 8.09. The lowest BCUT2D eigenvalue weighted by Crippen LogP contribution is -2.42. The number of rotatable bonds is 4. The number of benzene rings is 2. The summed E-state index contributed by atoms with van der Waals surface area (Å²) in [6.07, 6.45) is 0. The van der Waals surface area contributed by atoms with Gasteiger partial charge in [-0.05, 0) is 23.3 Å². The van der Waals surface area contributed by atoms with E-state index in [9.17, 15) is 4.79 Å². The van der Waals surface area contributed by atoms with E-state index >= 15 is 0 Å². The molecule has 2 aromatic carbocycles. The van der Waals surface area contributed by atoms with Crippen molar-refractivity contribution in [1.82, 2.24) is 5.32 Å². The van der Waals surface area contributed by atoms with E-state index in [0.29, 0.717) is 6.67 Å². The third-order valence-corrected chi connectivity index (χ3v) is 5.35. The predicted molar refractivity (Wildman–Crippen MR) is 101 cm³/mol. The maximum atomic E-state index is 12.5. The SMILES string of the molecule is COc1cccc(CN2CNC(=O)c3c(-c4ccccc4)csc32)c1. The smallest absolute Gasteiger partial charge is 0.256 e. The quantitative estimate of drug-likeness (QED) is 0.769. The van der Waals surface area contributed by atoms with Gasteiger partial charge < -0.3 is 15.0 Å². The summed E-state index contributed by atoms with van der Waals surface area (Å²) in [5.41, 5.74) is 3.98. The molecule has 4 nitrogen and oxygen atoms in total. The Bertz CT molecular complexity index is 905. The number of hydrogen-bond donors (Lipinski definition) is 1. The zero-order valence-corrected chi connectivity index (χ0v) is 14.7. The first-order chi connectivity index (χ1) is 12.3. The highest BCUT2D eigenvalue weighted by atomic mass is 32.1. The Balaban J connectivity index is 1.69. The van der Waals surface area contributed by atoms with E-state index in [0.717, 1.165) is 39.5 Å². The molecule has 0 atom stereocenters. The van der Waals surface area contributed by atoms with Gasteiger partial charge in [-0.25, -0.2) is 0 Å². The maximum absolute atomic E-state index is 12.5. The van der Waals surface area contributed by atoms with Crippen LogP contribution in [0, 0.1) is 0 Å². The van der Waals surface area contributed by atoms with Crippen LogP contribution in [0.25, 0.3) is 11.1 Å². The number of nitrogens with zero attached hydrogens (tertiary/aromatic N) is 1. The maximum Gasteiger partial charge on any atom is 0.256 e. The van der Waals surface area contributed by atoms with E-state index in [1.165, 1.54) is 0 Å². The average molecular weight is 350 g/mol. The van der Waals surface area contributed by atoms with Gasteiger partial charge in [-0.2, -0.15) is 0 Å². The van der Waals surface area contributed by atoms with Gasteiger partial charge in [0.2, 0.25) is 0 Å². The fraction of sp³-hybridized carbons (Fsp3) is 0.150. The molecule has 0 bridgehead atoms. The molecule has 0 radical (unpaired) electrons. The van der Waals surface area contributed by atoms with Gasteiger partial charge in [0.05, 0.1) is 19.3 Å². The van der Waals surface area contributed by atoms with Crippen molar-refractivity contribution in [1.29, 1.82) is 0 Å². The third-order valence-electron chi connectivity index (χ3n) is 4.31. The van der Waals surface area contributed by atoms with Crippen LogP contribution in [0.4, 0.5) is 5.00 Å². The number of ether oxygens (including phenoxy) is 1. The van der Waals surface area contributed by atoms with Crippen LogP contribution >= 0.6 is 11.3 Å². The van der Waals surface area contributed by atoms with Crippen molar-refractivity contribution < 1.29 is 9.53 Å². The van der Waals surface area contributed by atoms with Crippen molar-refractivity contribution in [2.75, 3.05) is 18.7 Å². The molecule has 3 aromatic rings. The molecule has 0 saturated heterocycles. The van der Waals surface area contributed by atoms with Gasteiger partial charge >= 0.3 is 0 Å². The molecule has 1 aliphatic rings. The fourth-order valence-corrected chi connectivity index (χ4v) is 4.16. The second-order valence-corrected chi connectivity index (χ2v) is 6.77. The van der Waals surface area contributed by atoms with Crippen LogP contribution in [0.2, 0.25) is 0 Å². The molecule has 0 spiro atoms. The summed E-state index contributed by atoms with van der Waals surface area (Å²) in [6.45, 7) is 1.23. The highest BCUT2D eigenvalue weighted by Crippen LogP contribution is 2.39. The van der Waals surface area contributed by atoms with Crippen molar-refractivity contribution in [2.45, 2.75) is 6.54 Å². The van der Waals surface area contributed by atoms with Crippen LogP contribution in [0.5, 0.6) is 5.75 Å². The molecule has 0 unspecified atom stereocenters. The lowest BCUT2D eigenvalue weighted by Gasteiger charge is -2.29. The minimum Gasteiger partial charge on any atom is -0.497 e. The van der Waals surface area contributed by atoms with Crippen molar-refractivity contribution >= 4 is 22.2 Å². The van der Waals surface area contributed by atoms with E-state index in [4.69, 9.17) is 4.74 Å². The lowest BCUT2D eigenvalue weighted by molar-refractivity contribution is 0.0949. The molecule has 1 N–H and O–H groups in total. The van der Waals surface area contributed by atoms with Crippen LogP contribution in [0.3, 0.4) is 0 Å². The van der Waals surface area contributed by atoms with Crippen LogP contribution < -0.4 is 15.0 Å². The van der Waals surface area contributed by atoms with Crippen LogP contribution in [-0.2, 0) is 6.54 Å². The van der Waals surface area contributed by atoms with E-state index in [1.807, 2.05) is 48.5 Å². The van der Waals surface area contributed by atoms with Crippen molar-refractivity contribution in [3.8, 4) is 16.9 Å². The van der Waals surface area contributed by atoms with E-state index < -0.39 is 0 Å². The summed E-state index contributed by atoms with van der Waals surface area (Å²) in [5, 5.41) is 6.09. The highest BCUT2D eigenvalue weighted by molar-refractivity contribution is 7.15. The number of methoxy groups -OCH3 is 1. The van der Waals surface area contributed by atoms with Gasteiger partial charge in [-0.3, -0.25) is 4.79 Å². The van der Waals surface area contributed by atoms with Gasteiger partial charge in [-0.1, -0.05) is 42.5 Å². The van der Waals surface area contributed by atoms with Crippen molar-refractivity contribution in [3.63, 3.8) is 0 Å². The number of thiophene rings is 1. The van der Waals surface area contributed by atoms with E-state index in [2.05, 4.69) is 21.7 Å². The van der Waals surface area contributed by atoms with Crippen molar-refractivity contribution in [2.24, 2.45) is 0 Å². The summed E-state index contributed by atoms with van der Waals surface area (Å²) in [6, 6.07) is 18.1. The van der Waals surface area contributed by atoms with Gasteiger partial charge in [0.15, 0.2) is 0 Å². The molecule has 0 saturated carbocycles. The second-order valence-electron chi connectivity index (χ2n) is 5.91.